The lowest BCUT2D eigenvalue weighted by Gasteiger charge is -2.26. The molecule has 2 aromatic heterocycles. The van der Waals surface area contributed by atoms with Gasteiger partial charge in [-0.3, -0.25) is 19.0 Å². The summed E-state index contributed by atoms with van der Waals surface area (Å²) in [6, 6.07) is 4.15. The molecule has 8 nitrogen and oxygen atoms in total. The molecule has 10 heteroatoms. The first-order valence-electron chi connectivity index (χ1n) is 9.76. The maximum Gasteiger partial charge on any atom is 0.266 e. The van der Waals surface area contributed by atoms with Crippen molar-refractivity contribution in [1.82, 2.24) is 14.5 Å². The second-order valence-corrected chi connectivity index (χ2v) is 8.32. The third-order valence-electron chi connectivity index (χ3n) is 5.24. The van der Waals surface area contributed by atoms with Crippen molar-refractivity contribution in [2.24, 2.45) is 0 Å². The normalized spacial score (nSPS) is 14.1. The van der Waals surface area contributed by atoms with Gasteiger partial charge in [0.05, 0.1) is 29.8 Å². The lowest BCUT2D eigenvalue weighted by molar-refractivity contribution is -0.135. The molecule has 1 aromatic carbocycles. The third-order valence-corrected chi connectivity index (χ3v) is 6.44. The lowest BCUT2D eigenvalue weighted by Crippen LogP contribution is -2.43. The van der Waals surface area contributed by atoms with Crippen LogP contribution in [0.1, 0.15) is 20.8 Å². The Kier molecular flexibility index (Phi) is 5.84. The number of amides is 2. The Morgan fingerprint density at radius 2 is 2.00 bits per heavy atom. The van der Waals surface area contributed by atoms with Gasteiger partial charge in [0.15, 0.2) is 0 Å². The number of nitrogens with zero attached hydrogens (tertiary/aromatic N) is 3. The van der Waals surface area contributed by atoms with Gasteiger partial charge in [-0.25, -0.2) is 9.37 Å². The molecule has 1 aliphatic heterocycles. The summed E-state index contributed by atoms with van der Waals surface area (Å²) in [5.41, 5.74) is 1.19. The number of aryl methyl sites for hydroxylation is 2. The lowest BCUT2D eigenvalue weighted by atomic mass is 10.1. The van der Waals surface area contributed by atoms with Crippen LogP contribution in [0.4, 0.5) is 10.1 Å². The van der Waals surface area contributed by atoms with Crippen molar-refractivity contribution in [1.29, 1.82) is 0 Å². The van der Waals surface area contributed by atoms with E-state index in [9.17, 15) is 18.8 Å². The van der Waals surface area contributed by atoms with E-state index in [-0.39, 0.29) is 18.0 Å². The number of thiophene rings is 1. The van der Waals surface area contributed by atoms with Gasteiger partial charge in [-0.2, -0.15) is 0 Å². The van der Waals surface area contributed by atoms with Crippen molar-refractivity contribution >= 4 is 39.1 Å². The minimum atomic E-state index is -0.455. The Labute approximate surface area is 181 Å². The van der Waals surface area contributed by atoms with Gasteiger partial charge < -0.3 is 15.0 Å². The van der Waals surface area contributed by atoms with Crippen molar-refractivity contribution in [3.63, 3.8) is 0 Å². The molecule has 0 bridgehead atoms. The number of morpholine rings is 1. The molecule has 1 N–H and O–H groups in total. The Balaban J connectivity index is 1.62. The van der Waals surface area contributed by atoms with Crippen molar-refractivity contribution in [2.75, 3.05) is 31.6 Å². The minimum Gasteiger partial charge on any atom is -0.378 e. The number of carbonyl (C=O) groups excluding carboxylic acids is 2. The van der Waals surface area contributed by atoms with Gasteiger partial charge in [0.1, 0.15) is 17.2 Å². The highest BCUT2D eigenvalue weighted by atomic mass is 32.1. The van der Waals surface area contributed by atoms with E-state index in [2.05, 4.69) is 10.3 Å². The van der Waals surface area contributed by atoms with Crippen LogP contribution in [0.15, 0.2) is 29.3 Å². The first kappa shape index (κ1) is 21.1. The quantitative estimate of drug-likeness (QED) is 0.667. The molecular formula is C21H21FN4O4S. The Bertz CT molecular complexity index is 1230. The van der Waals surface area contributed by atoms with Gasteiger partial charge in [0.25, 0.3) is 11.5 Å². The minimum absolute atomic E-state index is 0.124. The molecule has 0 atom stereocenters. The van der Waals surface area contributed by atoms with E-state index in [0.717, 1.165) is 16.9 Å². The molecule has 0 spiro atoms. The number of anilines is 1. The second kappa shape index (κ2) is 8.56. The van der Waals surface area contributed by atoms with Gasteiger partial charge in [-0.15, -0.1) is 11.3 Å². The zero-order valence-corrected chi connectivity index (χ0v) is 17.9. The molecule has 0 saturated carbocycles. The molecule has 3 aromatic rings. The Morgan fingerprint density at radius 1 is 1.26 bits per heavy atom. The van der Waals surface area contributed by atoms with Crippen molar-refractivity contribution in [2.45, 2.75) is 20.4 Å². The fraction of sp³-hybridized carbons (Fsp3) is 0.333. The smallest absolute Gasteiger partial charge is 0.266 e. The van der Waals surface area contributed by atoms with Crippen LogP contribution in [0, 0.1) is 19.7 Å². The number of rotatable bonds is 4. The molecule has 31 heavy (non-hydrogen) atoms. The van der Waals surface area contributed by atoms with Crippen LogP contribution in [0.2, 0.25) is 0 Å². The highest BCUT2D eigenvalue weighted by molar-refractivity contribution is 7.20. The summed E-state index contributed by atoms with van der Waals surface area (Å²) in [6.07, 6.45) is 1.33. The van der Waals surface area contributed by atoms with Gasteiger partial charge in [0, 0.05) is 18.8 Å². The first-order chi connectivity index (χ1) is 14.8. The van der Waals surface area contributed by atoms with Crippen molar-refractivity contribution in [3.05, 3.63) is 56.7 Å². The monoisotopic (exact) mass is 444 g/mol. The summed E-state index contributed by atoms with van der Waals surface area (Å²) in [6.45, 7) is 5.24. The van der Waals surface area contributed by atoms with Crippen molar-refractivity contribution < 1.29 is 18.7 Å². The highest BCUT2D eigenvalue weighted by Gasteiger charge is 2.22. The summed E-state index contributed by atoms with van der Waals surface area (Å²) in [4.78, 5) is 45.0. The zero-order valence-electron chi connectivity index (χ0n) is 17.1. The third kappa shape index (κ3) is 4.21. The van der Waals surface area contributed by atoms with Crippen LogP contribution in [0.25, 0.3) is 10.2 Å². The molecule has 0 unspecified atom stereocenters. The molecule has 162 valence electrons. The van der Waals surface area contributed by atoms with E-state index in [1.807, 2.05) is 0 Å². The fourth-order valence-corrected chi connectivity index (χ4v) is 4.49. The number of aromatic nitrogens is 2. The average molecular weight is 444 g/mol. The molecule has 1 saturated heterocycles. The predicted molar refractivity (Wildman–Crippen MR) is 115 cm³/mol. The number of ether oxygens (including phenoxy) is 1. The molecule has 0 aliphatic carbocycles. The molecule has 0 radical (unpaired) electrons. The molecule has 2 amide bonds. The number of hydrogen-bond donors (Lipinski definition) is 1. The Morgan fingerprint density at radius 3 is 2.74 bits per heavy atom. The molecule has 1 fully saturated rings. The van der Waals surface area contributed by atoms with Crippen molar-refractivity contribution in [3.8, 4) is 0 Å². The van der Waals surface area contributed by atoms with E-state index in [1.165, 1.54) is 23.0 Å². The number of carbonyl (C=O) groups is 2. The SMILES string of the molecule is Cc1ccc(F)cc1NC(=O)c1sc2ncn(CC(=O)N3CCOCC3)c(=O)c2c1C. The van der Waals surface area contributed by atoms with E-state index in [4.69, 9.17) is 4.74 Å². The number of benzene rings is 1. The first-order valence-corrected chi connectivity index (χ1v) is 10.6. The van der Waals surface area contributed by atoms with Crippen LogP contribution in [0.5, 0.6) is 0 Å². The summed E-state index contributed by atoms with van der Waals surface area (Å²) in [5.74, 6) is -1.08. The van der Waals surface area contributed by atoms with Gasteiger partial charge >= 0.3 is 0 Å². The molecule has 1 aliphatic rings. The average Bonchev–Trinajstić information content (AvgIpc) is 3.10. The maximum absolute atomic E-state index is 13.5. The number of fused-ring (bicyclic) bond motifs is 1. The largest absolute Gasteiger partial charge is 0.378 e. The predicted octanol–water partition coefficient (Wildman–Crippen LogP) is 2.33. The van der Waals surface area contributed by atoms with Crippen LogP contribution in [-0.2, 0) is 16.1 Å². The topological polar surface area (TPSA) is 93.5 Å². The second-order valence-electron chi connectivity index (χ2n) is 7.32. The van der Waals surface area contributed by atoms with Crippen LogP contribution in [-0.4, -0.2) is 52.6 Å². The van der Waals surface area contributed by atoms with Crippen LogP contribution in [0.3, 0.4) is 0 Å². The molecule has 4 rings (SSSR count). The van der Waals surface area contributed by atoms with E-state index < -0.39 is 11.7 Å². The summed E-state index contributed by atoms with van der Waals surface area (Å²) in [5, 5.41) is 3.01. The van der Waals surface area contributed by atoms with Gasteiger partial charge in [-0.05, 0) is 37.1 Å². The number of halogens is 1. The number of hydrogen-bond acceptors (Lipinski definition) is 6. The fourth-order valence-electron chi connectivity index (χ4n) is 3.45. The van der Waals surface area contributed by atoms with Crippen LogP contribution >= 0.6 is 11.3 Å². The van der Waals surface area contributed by atoms with Gasteiger partial charge in [-0.1, -0.05) is 6.07 Å². The highest BCUT2D eigenvalue weighted by Crippen LogP contribution is 2.28. The maximum atomic E-state index is 13.5. The molecular weight excluding hydrogens is 423 g/mol. The standard InChI is InChI=1S/C21H21FN4O4S/c1-12-3-4-14(22)9-15(12)24-19(28)18-13(2)17-20(31-18)23-11-26(21(17)29)10-16(27)25-5-7-30-8-6-25/h3-4,9,11H,5-8,10H2,1-2H3,(H,24,28). The molecule has 3 heterocycles. The van der Waals surface area contributed by atoms with Crippen LogP contribution < -0.4 is 10.9 Å². The van der Waals surface area contributed by atoms with Gasteiger partial charge in [0.2, 0.25) is 5.91 Å². The Hall–Kier alpha value is -3.11. The summed E-state index contributed by atoms with van der Waals surface area (Å²) >= 11 is 1.09. The summed E-state index contributed by atoms with van der Waals surface area (Å²) < 4.78 is 20.1. The number of nitrogens with one attached hydrogen (secondary N) is 1. The van der Waals surface area contributed by atoms with E-state index >= 15 is 0 Å². The van der Waals surface area contributed by atoms with E-state index in [1.54, 1.807) is 24.8 Å². The summed E-state index contributed by atoms with van der Waals surface area (Å²) in [7, 11) is 0. The van der Waals surface area contributed by atoms with E-state index in [0.29, 0.717) is 52.6 Å². The zero-order chi connectivity index (χ0) is 22.1.